The molecule has 0 aliphatic heterocycles. The maximum Gasteiger partial charge on any atom is 0.252 e. The van der Waals surface area contributed by atoms with Gasteiger partial charge in [-0.05, 0) is 65.9 Å². The summed E-state index contributed by atoms with van der Waals surface area (Å²) >= 11 is 3.25. The second-order valence-electron chi connectivity index (χ2n) is 5.60. The molecule has 0 aliphatic carbocycles. The molecule has 0 unspecified atom stereocenters. The van der Waals surface area contributed by atoms with E-state index in [2.05, 4.69) is 26.1 Å². The zero-order chi connectivity index (χ0) is 17.5. The van der Waals surface area contributed by atoms with Crippen molar-refractivity contribution in [3.63, 3.8) is 0 Å². The molecule has 0 aromatic heterocycles. The normalized spacial score (nSPS) is 10.7. The summed E-state index contributed by atoms with van der Waals surface area (Å²) in [5, 5.41) is 2.78. The molecule has 0 fully saturated rings. The Morgan fingerprint density at radius 3 is 2.58 bits per heavy atom. The fourth-order valence-corrected chi connectivity index (χ4v) is 2.43. The topological polar surface area (TPSA) is 41.6 Å². The predicted molar refractivity (Wildman–Crippen MR) is 95.8 cm³/mol. The molecule has 0 saturated heterocycles. The molecule has 0 saturated carbocycles. The van der Waals surface area contributed by atoms with Crippen molar-refractivity contribution in [2.75, 3.05) is 27.2 Å². The van der Waals surface area contributed by atoms with Crippen LogP contribution in [0.1, 0.15) is 15.9 Å². The first-order valence-electron chi connectivity index (χ1n) is 7.55. The number of benzene rings is 2. The Bertz CT molecular complexity index is 690. The van der Waals surface area contributed by atoms with E-state index in [-0.39, 0.29) is 11.5 Å². The minimum absolute atomic E-state index is 0.277. The monoisotopic (exact) mass is 394 g/mol. The van der Waals surface area contributed by atoms with Crippen molar-refractivity contribution in [1.82, 2.24) is 10.2 Å². The zero-order valence-electron chi connectivity index (χ0n) is 13.7. The van der Waals surface area contributed by atoms with Gasteiger partial charge in [0.05, 0.1) is 5.56 Å². The first-order valence-corrected chi connectivity index (χ1v) is 8.35. The Morgan fingerprint density at radius 1 is 1.21 bits per heavy atom. The number of ether oxygens (including phenoxy) is 1. The average molecular weight is 395 g/mol. The number of halogens is 2. The molecular weight excluding hydrogens is 375 g/mol. The highest BCUT2D eigenvalue weighted by Gasteiger charge is 2.10. The third-order valence-electron chi connectivity index (χ3n) is 3.36. The highest BCUT2D eigenvalue weighted by molar-refractivity contribution is 9.10. The zero-order valence-corrected chi connectivity index (χ0v) is 15.3. The van der Waals surface area contributed by atoms with Crippen LogP contribution in [0.4, 0.5) is 4.39 Å². The maximum absolute atomic E-state index is 13.2. The van der Waals surface area contributed by atoms with Crippen molar-refractivity contribution in [2.45, 2.75) is 6.54 Å². The van der Waals surface area contributed by atoms with Crippen LogP contribution in [-0.4, -0.2) is 38.1 Å². The van der Waals surface area contributed by atoms with Gasteiger partial charge in [0.25, 0.3) is 5.91 Å². The van der Waals surface area contributed by atoms with E-state index >= 15 is 0 Å². The highest BCUT2D eigenvalue weighted by atomic mass is 79.9. The van der Waals surface area contributed by atoms with Crippen molar-refractivity contribution in [2.24, 2.45) is 0 Å². The van der Waals surface area contributed by atoms with Crippen LogP contribution in [0.25, 0.3) is 0 Å². The molecule has 1 N–H and O–H groups in total. The Labute approximate surface area is 149 Å². The number of hydrogen-bond donors (Lipinski definition) is 1. The minimum atomic E-state index is -0.442. The van der Waals surface area contributed by atoms with E-state index in [9.17, 15) is 9.18 Å². The van der Waals surface area contributed by atoms with Crippen molar-refractivity contribution < 1.29 is 13.9 Å². The molecule has 6 heteroatoms. The van der Waals surface area contributed by atoms with Crippen LogP contribution < -0.4 is 10.1 Å². The van der Waals surface area contributed by atoms with Gasteiger partial charge in [0.2, 0.25) is 0 Å². The number of likely N-dealkylation sites (N-methyl/N-ethyl adjacent to an activating group) is 1. The minimum Gasteiger partial charge on any atom is -0.492 e. The first-order chi connectivity index (χ1) is 11.5. The lowest BCUT2D eigenvalue weighted by molar-refractivity contribution is 0.0949. The quantitative estimate of drug-likeness (QED) is 0.781. The third kappa shape index (κ3) is 5.62. The van der Waals surface area contributed by atoms with E-state index in [0.717, 1.165) is 17.9 Å². The summed E-state index contributed by atoms with van der Waals surface area (Å²) in [7, 11) is 3.98. The Morgan fingerprint density at radius 2 is 1.92 bits per heavy atom. The summed E-state index contributed by atoms with van der Waals surface area (Å²) in [6.07, 6.45) is 0. The average Bonchev–Trinajstić information content (AvgIpc) is 2.55. The van der Waals surface area contributed by atoms with Crippen LogP contribution in [0, 0.1) is 5.82 Å². The van der Waals surface area contributed by atoms with Crippen LogP contribution in [-0.2, 0) is 6.54 Å². The molecule has 24 heavy (non-hydrogen) atoms. The summed E-state index contributed by atoms with van der Waals surface area (Å²) < 4.78 is 19.4. The number of nitrogens with zero attached hydrogens (tertiary/aromatic N) is 1. The lowest BCUT2D eigenvalue weighted by Crippen LogP contribution is -2.23. The van der Waals surface area contributed by atoms with Gasteiger partial charge in [0, 0.05) is 17.6 Å². The lowest BCUT2D eigenvalue weighted by atomic mass is 10.2. The number of nitrogens with one attached hydrogen (secondary N) is 1. The molecule has 1 amide bonds. The van der Waals surface area contributed by atoms with Crippen LogP contribution >= 0.6 is 15.9 Å². The molecule has 0 aliphatic rings. The molecule has 2 rings (SSSR count). The Balaban J connectivity index is 1.87. The maximum atomic E-state index is 13.2. The second-order valence-corrected chi connectivity index (χ2v) is 6.46. The smallest absolute Gasteiger partial charge is 0.252 e. The molecular formula is C18H20BrFN2O2. The molecule has 0 spiro atoms. The van der Waals surface area contributed by atoms with Crippen molar-refractivity contribution in [3.8, 4) is 5.75 Å². The van der Waals surface area contributed by atoms with Crippen molar-refractivity contribution in [1.29, 1.82) is 0 Å². The standard InChI is InChI=1S/C18H20BrFN2O2/c1-22(2)9-10-24-15-6-3-13(4-7-15)12-21-18(23)16-11-14(20)5-8-17(16)19/h3-8,11H,9-10,12H2,1-2H3,(H,21,23). The van der Waals surface area contributed by atoms with Gasteiger partial charge >= 0.3 is 0 Å². The van der Waals surface area contributed by atoms with Gasteiger partial charge in [0.15, 0.2) is 0 Å². The number of hydrogen-bond acceptors (Lipinski definition) is 3. The van der Waals surface area contributed by atoms with Gasteiger partial charge in [-0.1, -0.05) is 12.1 Å². The lowest BCUT2D eigenvalue weighted by Gasteiger charge is -2.11. The summed E-state index contributed by atoms with van der Waals surface area (Å²) in [5.74, 6) is 0.0232. The Hall–Kier alpha value is -1.92. The van der Waals surface area contributed by atoms with Gasteiger partial charge in [-0.15, -0.1) is 0 Å². The molecule has 128 valence electrons. The first kappa shape index (κ1) is 18.4. The van der Waals surface area contributed by atoms with E-state index in [1.807, 2.05) is 38.4 Å². The molecule has 0 bridgehead atoms. The van der Waals surface area contributed by atoms with Crippen LogP contribution in [0.5, 0.6) is 5.75 Å². The predicted octanol–water partition coefficient (Wildman–Crippen LogP) is 3.46. The Kier molecular flexibility index (Phi) is 6.75. The second kappa shape index (κ2) is 8.80. The molecule has 0 atom stereocenters. The van der Waals surface area contributed by atoms with E-state index in [1.165, 1.54) is 18.2 Å². The molecule has 4 nitrogen and oxygen atoms in total. The van der Waals surface area contributed by atoms with E-state index in [4.69, 9.17) is 4.74 Å². The largest absolute Gasteiger partial charge is 0.492 e. The van der Waals surface area contributed by atoms with Gasteiger partial charge in [-0.3, -0.25) is 4.79 Å². The van der Waals surface area contributed by atoms with Gasteiger partial charge < -0.3 is 15.0 Å². The SMILES string of the molecule is CN(C)CCOc1ccc(CNC(=O)c2cc(F)ccc2Br)cc1. The van der Waals surface area contributed by atoms with Crippen molar-refractivity contribution >= 4 is 21.8 Å². The van der Waals surface area contributed by atoms with Gasteiger partial charge in [-0.2, -0.15) is 0 Å². The molecule has 2 aromatic rings. The molecule has 0 heterocycles. The number of amides is 1. The van der Waals surface area contributed by atoms with Crippen molar-refractivity contribution in [3.05, 3.63) is 63.9 Å². The fraction of sp³-hybridized carbons (Fsp3) is 0.278. The summed E-state index contributed by atoms with van der Waals surface area (Å²) in [6.45, 7) is 1.83. The highest BCUT2D eigenvalue weighted by Crippen LogP contribution is 2.18. The number of carbonyl (C=O) groups is 1. The van der Waals surface area contributed by atoms with E-state index in [0.29, 0.717) is 17.6 Å². The molecule has 2 aromatic carbocycles. The van der Waals surface area contributed by atoms with Gasteiger partial charge in [0.1, 0.15) is 18.2 Å². The fourth-order valence-electron chi connectivity index (χ4n) is 2.00. The van der Waals surface area contributed by atoms with E-state index < -0.39 is 5.82 Å². The summed E-state index contributed by atoms with van der Waals surface area (Å²) in [4.78, 5) is 14.2. The summed E-state index contributed by atoms with van der Waals surface area (Å²) in [5.41, 5.74) is 1.22. The van der Waals surface area contributed by atoms with Gasteiger partial charge in [-0.25, -0.2) is 4.39 Å². The number of rotatable bonds is 7. The number of carbonyl (C=O) groups excluding carboxylic acids is 1. The molecule has 0 radical (unpaired) electrons. The van der Waals surface area contributed by atoms with Crippen LogP contribution in [0.2, 0.25) is 0 Å². The van der Waals surface area contributed by atoms with E-state index in [1.54, 1.807) is 0 Å². The summed E-state index contributed by atoms with van der Waals surface area (Å²) in [6, 6.07) is 11.6. The van der Waals surface area contributed by atoms with Crippen LogP contribution in [0.3, 0.4) is 0 Å². The third-order valence-corrected chi connectivity index (χ3v) is 4.05. The van der Waals surface area contributed by atoms with Crippen LogP contribution in [0.15, 0.2) is 46.9 Å².